The Bertz CT molecular complexity index is 381. The Morgan fingerprint density at radius 2 is 2.33 bits per heavy atom. The van der Waals surface area contributed by atoms with Gasteiger partial charge < -0.3 is 10.4 Å². The molecule has 0 radical (unpaired) electrons. The fourth-order valence-electron chi connectivity index (χ4n) is 2.21. The van der Waals surface area contributed by atoms with Crippen LogP contribution in [0, 0.1) is 6.92 Å². The molecule has 1 fully saturated rings. The zero-order chi connectivity index (χ0) is 10.8. The van der Waals surface area contributed by atoms with E-state index in [0.29, 0.717) is 11.6 Å². The molecule has 1 atom stereocenters. The molecule has 1 aromatic carbocycles. The largest absolute Gasteiger partial charge is 0.478 e. The molecule has 2 rings (SSSR count). The average molecular weight is 205 g/mol. The molecule has 3 nitrogen and oxygen atoms in total. The van der Waals surface area contributed by atoms with Crippen LogP contribution in [0.5, 0.6) is 0 Å². The van der Waals surface area contributed by atoms with Gasteiger partial charge in [-0.3, -0.25) is 0 Å². The van der Waals surface area contributed by atoms with Crippen LogP contribution in [0.25, 0.3) is 0 Å². The van der Waals surface area contributed by atoms with E-state index in [1.54, 1.807) is 6.07 Å². The van der Waals surface area contributed by atoms with Gasteiger partial charge in [0.15, 0.2) is 0 Å². The van der Waals surface area contributed by atoms with Gasteiger partial charge >= 0.3 is 5.97 Å². The second-order valence-electron chi connectivity index (χ2n) is 3.97. The van der Waals surface area contributed by atoms with Crippen molar-refractivity contribution in [3.05, 3.63) is 34.9 Å². The molecule has 2 N–H and O–H groups in total. The van der Waals surface area contributed by atoms with Gasteiger partial charge in [0.25, 0.3) is 0 Å². The summed E-state index contributed by atoms with van der Waals surface area (Å²) in [5.74, 6) is -0.840. The first kappa shape index (κ1) is 10.2. The van der Waals surface area contributed by atoms with Crippen LogP contribution in [0.2, 0.25) is 0 Å². The van der Waals surface area contributed by atoms with Crippen LogP contribution in [0.3, 0.4) is 0 Å². The maximum atomic E-state index is 11.0. The molecule has 0 aliphatic carbocycles. The Hall–Kier alpha value is -1.35. The van der Waals surface area contributed by atoms with Crippen LogP contribution in [0.15, 0.2) is 18.2 Å². The van der Waals surface area contributed by atoms with Crippen molar-refractivity contribution < 1.29 is 9.90 Å². The fraction of sp³-hybridized carbons (Fsp3) is 0.417. The van der Waals surface area contributed by atoms with Crippen LogP contribution in [0.4, 0.5) is 0 Å². The molecule has 80 valence electrons. The molecule has 15 heavy (non-hydrogen) atoms. The summed E-state index contributed by atoms with van der Waals surface area (Å²) in [6.07, 6.45) is 2.27. The average Bonchev–Trinajstić information content (AvgIpc) is 2.70. The lowest BCUT2D eigenvalue weighted by Crippen LogP contribution is -2.15. The number of rotatable bonds is 2. The Labute approximate surface area is 89.1 Å². The molecular formula is C12H15NO2. The summed E-state index contributed by atoms with van der Waals surface area (Å²) in [4.78, 5) is 11.0. The molecule has 0 unspecified atom stereocenters. The highest BCUT2D eigenvalue weighted by atomic mass is 16.4. The van der Waals surface area contributed by atoms with E-state index in [4.69, 9.17) is 5.11 Å². The van der Waals surface area contributed by atoms with E-state index < -0.39 is 5.97 Å². The van der Waals surface area contributed by atoms with Gasteiger partial charge in [0, 0.05) is 6.04 Å². The number of carboxylic acid groups (broad SMARTS) is 1. The number of nitrogens with one attached hydrogen (secondary N) is 1. The lowest BCUT2D eigenvalue weighted by atomic mass is 9.96. The lowest BCUT2D eigenvalue weighted by Gasteiger charge is -2.15. The Balaban J connectivity index is 2.39. The van der Waals surface area contributed by atoms with Crippen LogP contribution >= 0.6 is 0 Å². The van der Waals surface area contributed by atoms with Crippen LogP contribution < -0.4 is 5.32 Å². The maximum absolute atomic E-state index is 11.0. The van der Waals surface area contributed by atoms with E-state index in [-0.39, 0.29) is 0 Å². The molecular weight excluding hydrogens is 190 g/mol. The van der Waals surface area contributed by atoms with E-state index in [0.717, 1.165) is 24.1 Å². The Morgan fingerprint density at radius 1 is 1.53 bits per heavy atom. The third-order valence-corrected chi connectivity index (χ3v) is 3.04. The van der Waals surface area contributed by atoms with Gasteiger partial charge in [-0.05, 0) is 43.5 Å². The predicted octanol–water partition coefficient (Wildman–Crippen LogP) is 2.12. The normalized spacial score (nSPS) is 20.5. The minimum atomic E-state index is -0.840. The van der Waals surface area contributed by atoms with Crippen molar-refractivity contribution in [1.29, 1.82) is 0 Å². The van der Waals surface area contributed by atoms with E-state index >= 15 is 0 Å². The third kappa shape index (κ3) is 1.88. The molecule has 3 heteroatoms. The summed E-state index contributed by atoms with van der Waals surface area (Å²) in [7, 11) is 0. The number of carbonyl (C=O) groups is 1. The van der Waals surface area contributed by atoms with E-state index in [1.807, 2.05) is 19.1 Å². The standard InChI is InChI=1S/C12H15NO2/c1-8-9(11-6-3-7-13-11)4-2-5-10(8)12(14)15/h2,4-5,11,13H,3,6-7H2,1H3,(H,14,15)/t11-/m1/s1. The third-order valence-electron chi connectivity index (χ3n) is 3.04. The maximum Gasteiger partial charge on any atom is 0.335 e. The number of benzene rings is 1. The van der Waals surface area contributed by atoms with Gasteiger partial charge in [-0.15, -0.1) is 0 Å². The van der Waals surface area contributed by atoms with Crippen LogP contribution in [0.1, 0.15) is 40.4 Å². The smallest absolute Gasteiger partial charge is 0.335 e. The molecule has 0 bridgehead atoms. The molecule has 0 amide bonds. The Kier molecular flexibility index (Phi) is 2.73. The van der Waals surface area contributed by atoms with Crippen molar-refractivity contribution in [1.82, 2.24) is 5.32 Å². The Morgan fingerprint density at radius 3 is 2.93 bits per heavy atom. The zero-order valence-electron chi connectivity index (χ0n) is 8.79. The van der Waals surface area contributed by atoms with Gasteiger partial charge in [-0.2, -0.15) is 0 Å². The first-order chi connectivity index (χ1) is 7.20. The summed E-state index contributed by atoms with van der Waals surface area (Å²) in [6, 6.07) is 5.84. The monoisotopic (exact) mass is 205 g/mol. The minimum absolute atomic E-state index is 0.337. The quantitative estimate of drug-likeness (QED) is 0.777. The summed E-state index contributed by atoms with van der Waals surface area (Å²) < 4.78 is 0. The topological polar surface area (TPSA) is 49.3 Å². The van der Waals surface area contributed by atoms with Gasteiger partial charge in [0.1, 0.15) is 0 Å². The molecule has 0 aromatic heterocycles. The first-order valence-corrected chi connectivity index (χ1v) is 5.26. The number of carboxylic acids is 1. The van der Waals surface area contributed by atoms with Crippen molar-refractivity contribution >= 4 is 5.97 Å². The molecule has 1 aromatic rings. The van der Waals surface area contributed by atoms with E-state index in [2.05, 4.69) is 5.32 Å². The highest BCUT2D eigenvalue weighted by Gasteiger charge is 2.20. The highest BCUT2D eigenvalue weighted by molar-refractivity contribution is 5.89. The van der Waals surface area contributed by atoms with Crippen molar-refractivity contribution in [3.8, 4) is 0 Å². The van der Waals surface area contributed by atoms with Gasteiger partial charge in [0.05, 0.1) is 5.56 Å². The molecule has 1 aliphatic rings. The number of hydrogen-bond donors (Lipinski definition) is 2. The molecule has 1 saturated heterocycles. The molecule has 1 aliphatic heterocycles. The second-order valence-corrected chi connectivity index (χ2v) is 3.97. The SMILES string of the molecule is Cc1c(C(=O)O)cccc1[C@H]1CCCN1. The van der Waals surface area contributed by atoms with Crippen molar-refractivity contribution in [3.63, 3.8) is 0 Å². The summed E-state index contributed by atoms with van der Waals surface area (Å²) in [5, 5.41) is 12.4. The van der Waals surface area contributed by atoms with Crippen LogP contribution in [-0.2, 0) is 0 Å². The zero-order valence-corrected chi connectivity index (χ0v) is 8.79. The van der Waals surface area contributed by atoms with Gasteiger partial charge in [-0.1, -0.05) is 12.1 Å². The highest BCUT2D eigenvalue weighted by Crippen LogP contribution is 2.27. The molecule has 0 spiro atoms. The molecule has 0 saturated carbocycles. The second kappa shape index (κ2) is 4.03. The van der Waals surface area contributed by atoms with Crippen LogP contribution in [-0.4, -0.2) is 17.6 Å². The minimum Gasteiger partial charge on any atom is -0.478 e. The summed E-state index contributed by atoms with van der Waals surface area (Å²) >= 11 is 0. The van der Waals surface area contributed by atoms with Crippen molar-refractivity contribution in [2.24, 2.45) is 0 Å². The lowest BCUT2D eigenvalue weighted by molar-refractivity contribution is 0.0696. The predicted molar refractivity (Wildman–Crippen MR) is 58.1 cm³/mol. The number of hydrogen-bond acceptors (Lipinski definition) is 2. The summed E-state index contributed by atoms with van der Waals surface area (Å²) in [5.41, 5.74) is 2.44. The van der Waals surface area contributed by atoms with Crippen molar-refractivity contribution in [2.75, 3.05) is 6.54 Å². The van der Waals surface area contributed by atoms with E-state index in [9.17, 15) is 4.79 Å². The summed E-state index contributed by atoms with van der Waals surface area (Å²) in [6.45, 7) is 2.92. The van der Waals surface area contributed by atoms with Gasteiger partial charge in [-0.25, -0.2) is 4.79 Å². The molecule has 1 heterocycles. The van der Waals surface area contributed by atoms with Gasteiger partial charge in [0.2, 0.25) is 0 Å². The van der Waals surface area contributed by atoms with Crippen molar-refractivity contribution in [2.45, 2.75) is 25.8 Å². The fourth-order valence-corrected chi connectivity index (χ4v) is 2.21. The number of aromatic carboxylic acids is 1. The first-order valence-electron chi connectivity index (χ1n) is 5.26. The van der Waals surface area contributed by atoms with E-state index in [1.165, 1.54) is 6.42 Å².